The van der Waals surface area contributed by atoms with Crippen LogP contribution in [0.3, 0.4) is 0 Å². The number of allylic oxidation sites excluding steroid dienone is 1. The van der Waals surface area contributed by atoms with Gasteiger partial charge in [0.15, 0.2) is 6.10 Å². The number of carbonyl (C=O) groups is 1. The van der Waals surface area contributed by atoms with Crippen LogP contribution >= 0.6 is 0 Å². The molecule has 0 aromatic rings. The Balaban J connectivity index is 1.87. The molecule has 0 spiro atoms. The lowest BCUT2D eigenvalue weighted by Crippen LogP contribution is -2.58. The number of fused-ring (bicyclic) bond motifs is 1. The van der Waals surface area contributed by atoms with Gasteiger partial charge in [-0.3, -0.25) is 0 Å². The van der Waals surface area contributed by atoms with Crippen LogP contribution in [0.4, 0.5) is 0 Å². The summed E-state index contributed by atoms with van der Waals surface area (Å²) in [5.41, 5.74) is -0.695. The normalized spacial score (nSPS) is 38.7. The van der Waals surface area contributed by atoms with Gasteiger partial charge in [0, 0.05) is 6.61 Å². The molecule has 3 rings (SSSR count). The van der Waals surface area contributed by atoms with Crippen molar-refractivity contribution in [2.75, 3.05) is 13.2 Å². The fraction of sp³-hybridized carbons (Fsp3) is 0.833. The molecule has 3 aliphatic rings. The molecule has 1 saturated carbocycles. The van der Waals surface area contributed by atoms with E-state index in [1.807, 2.05) is 6.92 Å². The summed E-state index contributed by atoms with van der Waals surface area (Å²) in [4.78, 5) is 12.1. The second kappa shape index (κ2) is 6.32. The highest BCUT2D eigenvalue weighted by Crippen LogP contribution is 2.55. The Morgan fingerprint density at radius 1 is 1.36 bits per heavy atom. The monoisotopic (exact) mass is 308 g/mol. The molecule has 4 nitrogen and oxygen atoms in total. The highest BCUT2D eigenvalue weighted by atomic mass is 16.6. The predicted octanol–water partition coefficient (Wildman–Crippen LogP) is 3.39. The van der Waals surface area contributed by atoms with E-state index < -0.39 is 11.7 Å². The molecular formula is C18H28O4. The fourth-order valence-electron chi connectivity index (χ4n) is 4.69. The third-order valence-electron chi connectivity index (χ3n) is 5.61. The van der Waals surface area contributed by atoms with Crippen molar-refractivity contribution < 1.29 is 19.0 Å². The van der Waals surface area contributed by atoms with E-state index in [0.29, 0.717) is 12.5 Å². The molecule has 2 aliphatic carbocycles. The maximum absolute atomic E-state index is 12.1. The average molecular weight is 308 g/mol. The molecule has 4 heteroatoms. The lowest BCUT2D eigenvalue weighted by Gasteiger charge is -2.48. The maximum atomic E-state index is 12.1. The summed E-state index contributed by atoms with van der Waals surface area (Å²) in [7, 11) is 0. The molecule has 1 heterocycles. The summed E-state index contributed by atoms with van der Waals surface area (Å²) in [6, 6.07) is 0. The number of esters is 1. The third kappa shape index (κ3) is 2.50. The van der Waals surface area contributed by atoms with Crippen LogP contribution in [0.15, 0.2) is 12.2 Å². The van der Waals surface area contributed by atoms with Gasteiger partial charge in [0.2, 0.25) is 0 Å². The van der Waals surface area contributed by atoms with Crippen molar-refractivity contribution in [1.29, 1.82) is 0 Å². The zero-order chi connectivity index (χ0) is 15.6. The van der Waals surface area contributed by atoms with Gasteiger partial charge in [-0.2, -0.15) is 0 Å². The van der Waals surface area contributed by atoms with E-state index in [4.69, 9.17) is 14.2 Å². The van der Waals surface area contributed by atoms with Crippen molar-refractivity contribution in [2.45, 2.75) is 76.1 Å². The van der Waals surface area contributed by atoms with Crippen LogP contribution in [0.25, 0.3) is 0 Å². The lowest BCUT2D eigenvalue weighted by atomic mass is 9.71. The average Bonchev–Trinajstić information content (AvgIpc) is 3.09. The lowest BCUT2D eigenvalue weighted by molar-refractivity contribution is -0.207. The van der Waals surface area contributed by atoms with Crippen LogP contribution in [0.5, 0.6) is 0 Å². The van der Waals surface area contributed by atoms with Gasteiger partial charge < -0.3 is 14.2 Å². The van der Waals surface area contributed by atoms with E-state index in [9.17, 15) is 4.79 Å². The molecule has 4 atom stereocenters. The summed E-state index contributed by atoms with van der Waals surface area (Å²) < 4.78 is 17.8. The maximum Gasteiger partial charge on any atom is 0.334 e. The minimum absolute atomic E-state index is 0.231. The van der Waals surface area contributed by atoms with E-state index >= 15 is 0 Å². The number of hydrogen-bond donors (Lipinski definition) is 0. The van der Waals surface area contributed by atoms with Gasteiger partial charge in [0.1, 0.15) is 11.2 Å². The Labute approximate surface area is 133 Å². The van der Waals surface area contributed by atoms with Crippen LogP contribution < -0.4 is 0 Å². The van der Waals surface area contributed by atoms with Crippen molar-refractivity contribution in [3.8, 4) is 0 Å². The first-order valence-electron chi connectivity index (χ1n) is 8.80. The summed E-state index contributed by atoms with van der Waals surface area (Å²) in [5.74, 6) is 0.287. The molecule has 22 heavy (non-hydrogen) atoms. The van der Waals surface area contributed by atoms with Gasteiger partial charge in [-0.15, -0.1) is 0 Å². The predicted molar refractivity (Wildman–Crippen MR) is 83.5 cm³/mol. The van der Waals surface area contributed by atoms with Crippen LogP contribution in [0, 0.1) is 5.92 Å². The first kappa shape index (κ1) is 16.0. The summed E-state index contributed by atoms with van der Waals surface area (Å²) in [5, 5.41) is 0. The van der Waals surface area contributed by atoms with Crippen LogP contribution in [0.1, 0.15) is 58.8 Å². The summed E-state index contributed by atoms with van der Waals surface area (Å²) in [6.45, 7) is 4.83. The molecule has 3 unspecified atom stereocenters. The molecule has 124 valence electrons. The highest BCUT2D eigenvalue weighted by molar-refractivity contribution is 5.74. The molecular weight excluding hydrogens is 280 g/mol. The molecule has 1 aliphatic heterocycles. The van der Waals surface area contributed by atoms with E-state index in [-0.39, 0.29) is 11.6 Å². The first-order valence-corrected chi connectivity index (χ1v) is 8.80. The van der Waals surface area contributed by atoms with Gasteiger partial charge in [-0.25, -0.2) is 4.79 Å². The van der Waals surface area contributed by atoms with Gasteiger partial charge >= 0.3 is 5.97 Å². The molecule has 0 amide bonds. The molecule has 0 N–H and O–H groups in total. The van der Waals surface area contributed by atoms with Crippen LogP contribution in [0.2, 0.25) is 0 Å². The molecule has 2 fully saturated rings. The van der Waals surface area contributed by atoms with Gasteiger partial charge in [0.05, 0.1) is 6.61 Å². The van der Waals surface area contributed by atoms with Crippen LogP contribution in [-0.2, 0) is 19.0 Å². The van der Waals surface area contributed by atoms with E-state index in [1.165, 1.54) is 12.8 Å². The standard InChI is InChI=1S/C18H28O4/c1-3-20-16(19)14(2)22-17(10-5-4-6-11-17)18-12-7-8-15(18)9-13-21-18/h5,10,14-15H,3-4,6-9,11-13H2,1-2H3/t14?,15?,17-,18?/m1/s1. The summed E-state index contributed by atoms with van der Waals surface area (Å²) in [6.07, 6.45) is 11.5. The minimum Gasteiger partial charge on any atom is -0.464 e. The second-order valence-corrected chi connectivity index (χ2v) is 6.81. The van der Waals surface area contributed by atoms with E-state index in [2.05, 4.69) is 12.2 Å². The Morgan fingerprint density at radius 3 is 2.95 bits per heavy atom. The molecule has 0 aromatic carbocycles. The Hall–Kier alpha value is -0.870. The van der Waals surface area contributed by atoms with Crippen molar-refractivity contribution in [1.82, 2.24) is 0 Å². The SMILES string of the molecule is CCOC(=O)C(C)O[C@]1(C23CCCC2CCO3)C=CCCC1. The molecule has 0 radical (unpaired) electrons. The van der Waals surface area contributed by atoms with Crippen molar-refractivity contribution in [2.24, 2.45) is 5.92 Å². The van der Waals surface area contributed by atoms with E-state index in [0.717, 1.165) is 38.7 Å². The molecule has 0 bridgehead atoms. The number of carbonyl (C=O) groups excluding carboxylic acids is 1. The zero-order valence-electron chi connectivity index (χ0n) is 13.8. The second-order valence-electron chi connectivity index (χ2n) is 6.81. The molecule has 1 saturated heterocycles. The Morgan fingerprint density at radius 2 is 2.23 bits per heavy atom. The van der Waals surface area contributed by atoms with Gasteiger partial charge in [0.25, 0.3) is 0 Å². The number of rotatable bonds is 5. The van der Waals surface area contributed by atoms with Crippen molar-refractivity contribution in [3.63, 3.8) is 0 Å². The fourth-order valence-corrected chi connectivity index (χ4v) is 4.69. The number of hydrogen-bond acceptors (Lipinski definition) is 4. The highest BCUT2D eigenvalue weighted by Gasteiger charge is 2.61. The largest absolute Gasteiger partial charge is 0.464 e. The van der Waals surface area contributed by atoms with Crippen LogP contribution in [-0.4, -0.2) is 36.5 Å². The Bertz CT molecular complexity index is 434. The van der Waals surface area contributed by atoms with Gasteiger partial charge in [-0.05, 0) is 58.3 Å². The number of ether oxygens (including phenoxy) is 3. The molecule has 0 aromatic heterocycles. The van der Waals surface area contributed by atoms with Crippen molar-refractivity contribution in [3.05, 3.63) is 12.2 Å². The first-order chi connectivity index (χ1) is 10.6. The zero-order valence-corrected chi connectivity index (χ0v) is 13.8. The van der Waals surface area contributed by atoms with Crippen molar-refractivity contribution >= 4 is 5.97 Å². The van der Waals surface area contributed by atoms with Gasteiger partial charge in [-0.1, -0.05) is 18.6 Å². The topological polar surface area (TPSA) is 44.8 Å². The quantitative estimate of drug-likeness (QED) is 0.577. The summed E-state index contributed by atoms with van der Waals surface area (Å²) >= 11 is 0. The Kier molecular flexibility index (Phi) is 4.60. The smallest absolute Gasteiger partial charge is 0.334 e. The minimum atomic E-state index is -0.553. The van der Waals surface area contributed by atoms with E-state index in [1.54, 1.807) is 6.92 Å². The third-order valence-corrected chi connectivity index (χ3v) is 5.61.